The number of aromatic nitrogens is 1. The third-order valence-corrected chi connectivity index (χ3v) is 4.09. The van der Waals surface area contributed by atoms with Crippen LogP contribution in [0.25, 0.3) is 0 Å². The molecule has 1 aliphatic rings. The average Bonchev–Trinajstić information content (AvgIpc) is 2.46. The molecule has 0 aromatic carbocycles. The minimum absolute atomic E-state index is 0.822. The maximum absolute atomic E-state index is 4.28. The normalized spacial score (nSPS) is 18.7. The van der Waals surface area contributed by atoms with E-state index in [1.165, 1.54) is 12.8 Å². The standard InChI is InChI=1S/C14H19N4Se/c1-11-6-9-18(10-7-11)14(19)17-16-12(2)13-5-3-4-8-15-13/h3-5,8,11H,6-7,9-10H2,1-2H3/b16-12+,17-14-. The minimum atomic E-state index is 0.822. The number of hydrogen-bond donors (Lipinski definition) is 0. The van der Waals surface area contributed by atoms with Gasteiger partial charge in [0.25, 0.3) is 0 Å². The van der Waals surface area contributed by atoms with E-state index < -0.39 is 0 Å². The Bertz CT molecular complexity index is 462. The summed E-state index contributed by atoms with van der Waals surface area (Å²) >= 11 is 3.02. The second kappa shape index (κ2) is 6.83. The van der Waals surface area contributed by atoms with Gasteiger partial charge in [-0.2, -0.15) is 0 Å². The van der Waals surface area contributed by atoms with Crippen LogP contribution in [0.3, 0.4) is 0 Å². The van der Waals surface area contributed by atoms with Gasteiger partial charge in [-0.15, -0.1) is 0 Å². The number of likely N-dealkylation sites (tertiary alicyclic amines) is 1. The molecule has 5 heteroatoms. The van der Waals surface area contributed by atoms with E-state index in [1.54, 1.807) is 6.20 Å². The predicted molar refractivity (Wildman–Crippen MR) is 79.6 cm³/mol. The monoisotopic (exact) mass is 323 g/mol. The summed E-state index contributed by atoms with van der Waals surface area (Å²) in [6, 6.07) is 5.79. The molecule has 0 saturated carbocycles. The van der Waals surface area contributed by atoms with Gasteiger partial charge in [0, 0.05) is 0 Å². The van der Waals surface area contributed by atoms with Crippen LogP contribution < -0.4 is 0 Å². The van der Waals surface area contributed by atoms with Crippen molar-refractivity contribution >= 4 is 26.5 Å². The molecule has 0 bridgehead atoms. The molecular weight excluding hydrogens is 303 g/mol. The van der Waals surface area contributed by atoms with Crippen LogP contribution in [0.4, 0.5) is 0 Å². The molecule has 4 nitrogen and oxygen atoms in total. The van der Waals surface area contributed by atoms with E-state index in [9.17, 15) is 0 Å². The van der Waals surface area contributed by atoms with Gasteiger partial charge in [0.1, 0.15) is 0 Å². The quantitative estimate of drug-likeness (QED) is 0.362. The van der Waals surface area contributed by atoms with Gasteiger partial charge in [-0.1, -0.05) is 0 Å². The molecule has 2 heterocycles. The fourth-order valence-corrected chi connectivity index (χ4v) is 2.48. The molecule has 101 valence electrons. The molecule has 1 saturated heterocycles. The van der Waals surface area contributed by atoms with Crippen molar-refractivity contribution in [3.05, 3.63) is 30.1 Å². The molecule has 0 amide bonds. The van der Waals surface area contributed by atoms with Gasteiger partial charge >= 0.3 is 122 Å². The zero-order valence-electron chi connectivity index (χ0n) is 11.4. The van der Waals surface area contributed by atoms with Gasteiger partial charge in [0.05, 0.1) is 0 Å². The summed E-state index contributed by atoms with van der Waals surface area (Å²) in [5.41, 5.74) is 1.70. The predicted octanol–water partition coefficient (Wildman–Crippen LogP) is 2.06. The second-order valence-corrected chi connectivity index (χ2v) is 5.72. The molecule has 1 fully saturated rings. The molecule has 0 spiro atoms. The Morgan fingerprint density at radius 3 is 2.68 bits per heavy atom. The van der Waals surface area contributed by atoms with E-state index in [1.807, 2.05) is 25.1 Å². The van der Waals surface area contributed by atoms with Crippen molar-refractivity contribution in [3.63, 3.8) is 0 Å². The number of hydrogen-bond acceptors (Lipinski definition) is 3. The average molecular weight is 322 g/mol. The Kier molecular flexibility index (Phi) is 5.11. The zero-order valence-corrected chi connectivity index (χ0v) is 13.1. The molecule has 1 aromatic rings. The van der Waals surface area contributed by atoms with Crippen LogP contribution in [0, 0.1) is 5.92 Å². The van der Waals surface area contributed by atoms with Crippen LogP contribution in [0.1, 0.15) is 32.4 Å². The van der Waals surface area contributed by atoms with E-state index in [4.69, 9.17) is 0 Å². The molecule has 2 rings (SSSR count). The van der Waals surface area contributed by atoms with E-state index in [0.29, 0.717) is 0 Å². The number of piperidine rings is 1. The first-order chi connectivity index (χ1) is 9.16. The topological polar surface area (TPSA) is 40.9 Å². The van der Waals surface area contributed by atoms with Crippen molar-refractivity contribution in [1.29, 1.82) is 0 Å². The van der Waals surface area contributed by atoms with Crippen molar-refractivity contribution in [2.24, 2.45) is 16.1 Å². The molecule has 0 unspecified atom stereocenters. The summed E-state index contributed by atoms with van der Waals surface area (Å²) in [5.74, 6) is 0.822. The van der Waals surface area contributed by atoms with Crippen molar-refractivity contribution in [3.8, 4) is 0 Å². The van der Waals surface area contributed by atoms with E-state index in [-0.39, 0.29) is 0 Å². The molecule has 1 aromatic heterocycles. The fraction of sp³-hybridized carbons (Fsp3) is 0.500. The van der Waals surface area contributed by atoms with Crippen LogP contribution >= 0.6 is 0 Å². The third-order valence-electron chi connectivity index (χ3n) is 3.38. The van der Waals surface area contributed by atoms with Crippen LogP contribution in [0.5, 0.6) is 0 Å². The Balaban J connectivity index is 2.01. The van der Waals surface area contributed by atoms with Crippen molar-refractivity contribution < 1.29 is 0 Å². The van der Waals surface area contributed by atoms with E-state index >= 15 is 0 Å². The third kappa shape index (κ3) is 4.15. The number of rotatable bonds is 2. The van der Waals surface area contributed by atoms with Gasteiger partial charge in [-0.3, -0.25) is 0 Å². The first-order valence-corrected chi connectivity index (χ1v) is 7.48. The first kappa shape index (κ1) is 14.2. The Morgan fingerprint density at radius 1 is 1.32 bits per heavy atom. The molecule has 19 heavy (non-hydrogen) atoms. The first-order valence-electron chi connectivity index (χ1n) is 6.62. The molecule has 0 atom stereocenters. The summed E-state index contributed by atoms with van der Waals surface area (Å²) in [5, 5.41) is 8.54. The Hall–Kier alpha value is -1.19. The summed E-state index contributed by atoms with van der Waals surface area (Å²) in [6.45, 7) is 6.35. The molecule has 1 radical (unpaired) electrons. The van der Waals surface area contributed by atoms with Crippen molar-refractivity contribution in [2.75, 3.05) is 13.1 Å². The summed E-state index contributed by atoms with van der Waals surface area (Å²) in [6.07, 6.45) is 4.22. The zero-order chi connectivity index (χ0) is 13.7. The summed E-state index contributed by atoms with van der Waals surface area (Å²) in [7, 11) is 0. The van der Waals surface area contributed by atoms with Gasteiger partial charge in [0.2, 0.25) is 0 Å². The van der Waals surface area contributed by atoms with Crippen LogP contribution in [-0.4, -0.2) is 49.4 Å². The van der Waals surface area contributed by atoms with Gasteiger partial charge < -0.3 is 0 Å². The SMILES string of the molecule is C/C(=N\N=C(/[Se])N1CCC(C)CC1)c1ccccn1. The van der Waals surface area contributed by atoms with Gasteiger partial charge in [0.15, 0.2) is 0 Å². The fourth-order valence-electron chi connectivity index (χ4n) is 2.01. The summed E-state index contributed by atoms with van der Waals surface area (Å²) in [4.78, 5) is 6.51. The van der Waals surface area contributed by atoms with Crippen molar-refractivity contribution in [2.45, 2.75) is 26.7 Å². The van der Waals surface area contributed by atoms with Crippen LogP contribution in [-0.2, 0) is 0 Å². The van der Waals surface area contributed by atoms with Crippen molar-refractivity contribution in [1.82, 2.24) is 9.88 Å². The number of amidine groups is 1. The van der Waals surface area contributed by atoms with Crippen LogP contribution in [0.15, 0.2) is 34.6 Å². The summed E-state index contributed by atoms with van der Waals surface area (Å²) < 4.78 is 0.877. The van der Waals surface area contributed by atoms with Gasteiger partial charge in [-0.05, 0) is 0 Å². The van der Waals surface area contributed by atoms with E-state index in [0.717, 1.165) is 35.1 Å². The van der Waals surface area contributed by atoms with E-state index in [2.05, 4.69) is 43.0 Å². The maximum atomic E-state index is 4.28. The molecule has 0 N–H and O–H groups in total. The second-order valence-electron chi connectivity index (χ2n) is 4.95. The molecule has 0 aliphatic carbocycles. The number of pyridine rings is 1. The van der Waals surface area contributed by atoms with Crippen LogP contribution in [0.2, 0.25) is 0 Å². The molecular formula is C14H19N4Se. The molecule has 1 aliphatic heterocycles. The van der Waals surface area contributed by atoms with Gasteiger partial charge in [-0.25, -0.2) is 0 Å². The Labute approximate surface area is 122 Å². The Morgan fingerprint density at radius 2 is 2.05 bits per heavy atom. The number of nitrogens with zero attached hydrogens (tertiary/aromatic N) is 4.